The molecule has 0 atom stereocenters. The van der Waals surface area contributed by atoms with E-state index < -0.39 is 0 Å². The van der Waals surface area contributed by atoms with Gasteiger partial charge in [-0.05, 0) is 19.1 Å². The number of H-pyrrole nitrogens is 1. The van der Waals surface area contributed by atoms with E-state index in [4.69, 9.17) is 5.73 Å². The molecule has 6 heteroatoms. The summed E-state index contributed by atoms with van der Waals surface area (Å²) in [6.45, 7) is 1.82. The number of carbonyl (C=O) groups excluding carboxylic acids is 1. The Morgan fingerprint density at radius 3 is 2.94 bits per heavy atom. The number of amides is 1. The minimum Gasteiger partial charge on any atom is -0.394 e. The first-order valence-electron chi connectivity index (χ1n) is 4.70. The van der Waals surface area contributed by atoms with Crippen LogP contribution in [0.1, 0.15) is 16.2 Å². The molecule has 6 nitrogen and oxygen atoms in total. The molecule has 0 radical (unpaired) electrons. The number of aryl methyl sites for hydroxylation is 1. The lowest BCUT2D eigenvalue weighted by atomic mass is 10.3. The van der Waals surface area contributed by atoms with Crippen molar-refractivity contribution in [1.82, 2.24) is 15.2 Å². The van der Waals surface area contributed by atoms with Crippen LogP contribution in [0.3, 0.4) is 0 Å². The highest BCUT2D eigenvalue weighted by Crippen LogP contribution is 2.13. The van der Waals surface area contributed by atoms with E-state index in [2.05, 4.69) is 20.5 Å². The zero-order valence-electron chi connectivity index (χ0n) is 8.69. The largest absolute Gasteiger partial charge is 0.394 e. The fourth-order valence-corrected chi connectivity index (χ4v) is 1.24. The zero-order chi connectivity index (χ0) is 11.5. The molecule has 0 unspecified atom stereocenters. The van der Waals surface area contributed by atoms with Crippen LogP contribution < -0.4 is 11.1 Å². The second kappa shape index (κ2) is 4.01. The van der Waals surface area contributed by atoms with Crippen molar-refractivity contribution >= 4 is 17.4 Å². The van der Waals surface area contributed by atoms with E-state index in [0.717, 1.165) is 5.69 Å². The lowest BCUT2D eigenvalue weighted by Crippen LogP contribution is -2.15. The van der Waals surface area contributed by atoms with Gasteiger partial charge in [-0.1, -0.05) is 6.07 Å². The molecule has 0 spiro atoms. The Bertz CT molecular complexity index is 519. The third-order valence-corrected chi connectivity index (χ3v) is 2.03. The number of carbonyl (C=O) groups is 1. The summed E-state index contributed by atoms with van der Waals surface area (Å²) in [4.78, 5) is 15.8. The lowest BCUT2D eigenvalue weighted by Gasteiger charge is -2.03. The molecule has 0 aromatic carbocycles. The van der Waals surface area contributed by atoms with Crippen LogP contribution in [0.5, 0.6) is 0 Å². The van der Waals surface area contributed by atoms with Gasteiger partial charge in [0.1, 0.15) is 5.69 Å². The van der Waals surface area contributed by atoms with Gasteiger partial charge in [-0.3, -0.25) is 9.89 Å². The number of hydrogen-bond acceptors (Lipinski definition) is 4. The van der Waals surface area contributed by atoms with Crippen LogP contribution in [0.15, 0.2) is 24.4 Å². The molecule has 2 aromatic heterocycles. The summed E-state index contributed by atoms with van der Waals surface area (Å²) < 4.78 is 0. The molecule has 2 rings (SSSR count). The number of nitrogens with one attached hydrogen (secondary N) is 2. The van der Waals surface area contributed by atoms with Crippen molar-refractivity contribution in [2.24, 2.45) is 0 Å². The van der Waals surface area contributed by atoms with Crippen molar-refractivity contribution in [1.29, 1.82) is 0 Å². The lowest BCUT2D eigenvalue weighted by molar-refractivity contribution is 0.102. The number of hydrogen-bond donors (Lipinski definition) is 3. The van der Waals surface area contributed by atoms with E-state index in [0.29, 0.717) is 17.2 Å². The highest BCUT2D eigenvalue weighted by atomic mass is 16.1. The average molecular weight is 217 g/mol. The van der Waals surface area contributed by atoms with Crippen LogP contribution in [0.2, 0.25) is 0 Å². The van der Waals surface area contributed by atoms with Crippen molar-refractivity contribution in [3.05, 3.63) is 35.8 Å². The van der Waals surface area contributed by atoms with Gasteiger partial charge in [-0.2, -0.15) is 5.10 Å². The van der Waals surface area contributed by atoms with E-state index in [1.54, 1.807) is 12.1 Å². The number of aromatic nitrogens is 3. The summed E-state index contributed by atoms with van der Waals surface area (Å²) in [5.41, 5.74) is 7.08. The molecule has 0 bridgehead atoms. The van der Waals surface area contributed by atoms with Gasteiger partial charge in [0.05, 0.1) is 11.9 Å². The van der Waals surface area contributed by atoms with Gasteiger partial charge < -0.3 is 11.1 Å². The number of pyridine rings is 1. The first-order chi connectivity index (χ1) is 7.66. The average Bonchev–Trinajstić information content (AvgIpc) is 2.64. The Balaban J connectivity index is 2.18. The molecule has 16 heavy (non-hydrogen) atoms. The van der Waals surface area contributed by atoms with Crippen LogP contribution in [0.4, 0.5) is 11.5 Å². The van der Waals surface area contributed by atoms with Crippen molar-refractivity contribution < 1.29 is 4.79 Å². The van der Waals surface area contributed by atoms with Gasteiger partial charge in [-0.15, -0.1) is 0 Å². The summed E-state index contributed by atoms with van der Waals surface area (Å²) in [6, 6.07) is 5.23. The maximum Gasteiger partial charge on any atom is 0.275 e. The van der Waals surface area contributed by atoms with Crippen molar-refractivity contribution in [3.63, 3.8) is 0 Å². The van der Waals surface area contributed by atoms with Crippen LogP contribution in [-0.4, -0.2) is 21.1 Å². The Labute approximate surface area is 91.9 Å². The summed E-state index contributed by atoms with van der Waals surface area (Å²) in [7, 11) is 0. The van der Waals surface area contributed by atoms with E-state index in [-0.39, 0.29) is 5.91 Å². The van der Waals surface area contributed by atoms with Crippen molar-refractivity contribution in [3.8, 4) is 0 Å². The Morgan fingerprint density at radius 1 is 1.50 bits per heavy atom. The summed E-state index contributed by atoms with van der Waals surface area (Å²) >= 11 is 0. The molecular weight excluding hydrogens is 206 g/mol. The molecule has 2 aromatic rings. The van der Waals surface area contributed by atoms with Crippen LogP contribution >= 0.6 is 0 Å². The third-order valence-electron chi connectivity index (χ3n) is 2.03. The first-order valence-corrected chi connectivity index (χ1v) is 4.70. The Hall–Kier alpha value is -2.37. The van der Waals surface area contributed by atoms with Crippen LogP contribution in [0, 0.1) is 6.92 Å². The third kappa shape index (κ3) is 2.00. The summed E-state index contributed by atoms with van der Waals surface area (Å²) in [5, 5.41) is 8.88. The SMILES string of the molecule is Cc1cccc(C(=O)Nc2[nH]ncc2N)n1. The van der Waals surface area contributed by atoms with Crippen LogP contribution in [-0.2, 0) is 0 Å². The molecule has 1 amide bonds. The molecule has 0 fully saturated rings. The number of rotatable bonds is 2. The topological polar surface area (TPSA) is 96.7 Å². The molecule has 82 valence electrons. The Morgan fingerprint density at radius 2 is 2.31 bits per heavy atom. The number of anilines is 2. The molecule has 0 saturated heterocycles. The number of nitrogens with zero attached hydrogens (tertiary/aromatic N) is 2. The van der Waals surface area contributed by atoms with Crippen molar-refractivity contribution in [2.45, 2.75) is 6.92 Å². The van der Waals surface area contributed by atoms with Gasteiger partial charge in [0, 0.05) is 5.69 Å². The molecule has 0 aliphatic rings. The number of nitrogens with two attached hydrogens (primary N) is 1. The molecule has 2 heterocycles. The monoisotopic (exact) mass is 217 g/mol. The molecular formula is C10H11N5O. The van der Waals surface area contributed by atoms with E-state index in [1.807, 2.05) is 13.0 Å². The standard InChI is InChI=1S/C10H11N5O/c1-6-3-2-4-8(13-6)10(16)14-9-7(11)5-12-15-9/h2-5H,11H2,1H3,(H2,12,14,15,16). The zero-order valence-corrected chi connectivity index (χ0v) is 8.69. The number of aromatic amines is 1. The molecule has 4 N–H and O–H groups in total. The fraction of sp³-hybridized carbons (Fsp3) is 0.100. The second-order valence-electron chi connectivity index (χ2n) is 3.32. The predicted molar refractivity (Wildman–Crippen MR) is 59.9 cm³/mol. The highest BCUT2D eigenvalue weighted by molar-refractivity contribution is 6.03. The quantitative estimate of drug-likeness (QED) is 0.697. The van der Waals surface area contributed by atoms with Crippen molar-refractivity contribution in [2.75, 3.05) is 11.1 Å². The summed E-state index contributed by atoms with van der Waals surface area (Å²) in [5.74, 6) is 0.0629. The van der Waals surface area contributed by atoms with E-state index in [9.17, 15) is 4.79 Å². The van der Waals surface area contributed by atoms with Gasteiger partial charge in [0.2, 0.25) is 0 Å². The number of nitrogen functional groups attached to an aromatic ring is 1. The molecule has 0 aliphatic heterocycles. The minimum absolute atomic E-state index is 0.320. The van der Waals surface area contributed by atoms with Crippen LogP contribution in [0.25, 0.3) is 0 Å². The predicted octanol–water partition coefficient (Wildman–Crippen LogP) is 0.948. The normalized spacial score (nSPS) is 10.1. The minimum atomic E-state index is -0.320. The summed E-state index contributed by atoms with van der Waals surface area (Å²) in [6.07, 6.45) is 1.43. The maximum atomic E-state index is 11.7. The molecule has 0 aliphatic carbocycles. The fourth-order valence-electron chi connectivity index (χ4n) is 1.24. The first kappa shape index (κ1) is 10.2. The highest BCUT2D eigenvalue weighted by Gasteiger charge is 2.10. The second-order valence-corrected chi connectivity index (χ2v) is 3.32. The Kier molecular flexibility index (Phi) is 2.55. The maximum absolute atomic E-state index is 11.7. The van der Waals surface area contributed by atoms with E-state index in [1.165, 1.54) is 6.20 Å². The van der Waals surface area contributed by atoms with E-state index >= 15 is 0 Å². The molecule has 0 saturated carbocycles. The van der Waals surface area contributed by atoms with Gasteiger partial charge in [0.25, 0.3) is 5.91 Å². The smallest absolute Gasteiger partial charge is 0.275 e. The van der Waals surface area contributed by atoms with Gasteiger partial charge in [-0.25, -0.2) is 4.98 Å². The van der Waals surface area contributed by atoms with Gasteiger partial charge >= 0.3 is 0 Å². The van der Waals surface area contributed by atoms with Gasteiger partial charge in [0.15, 0.2) is 5.82 Å².